The van der Waals surface area contributed by atoms with Crippen molar-refractivity contribution in [1.29, 1.82) is 0 Å². The molecule has 122 valence electrons. The number of benzene rings is 1. The molecule has 3 fully saturated rings. The zero-order valence-electron chi connectivity index (χ0n) is 13.4. The Kier molecular flexibility index (Phi) is 3.07. The molecule has 3 atom stereocenters. The molecule has 0 saturated carbocycles. The molecule has 23 heavy (non-hydrogen) atoms. The minimum atomic E-state index is -0.391. The first-order valence-corrected chi connectivity index (χ1v) is 9.06. The first-order valence-electron chi connectivity index (χ1n) is 9.06. The molecule has 4 heteroatoms. The number of hydrogen-bond donors (Lipinski definition) is 1. The largest absolute Gasteiger partial charge is 0.388 e. The molecule has 1 aromatic rings. The van der Waals surface area contributed by atoms with Gasteiger partial charge in [-0.25, -0.2) is 0 Å². The van der Waals surface area contributed by atoms with Gasteiger partial charge in [-0.05, 0) is 61.9 Å². The third-order valence-electron chi connectivity index (χ3n) is 6.63. The molecule has 0 radical (unpaired) electrons. The van der Waals surface area contributed by atoms with Gasteiger partial charge in [-0.3, -0.25) is 4.79 Å². The number of piperidine rings is 3. The lowest BCUT2D eigenvalue weighted by atomic mass is 9.74. The van der Waals surface area contributed by atoms with E-state index < -0.39 is 6.10 Å². The number of amides is 1. The number of rotatable bonds is 1. The molecular weight excluding hydrogens is 288 g/mol. The van der Waals surface area contributed by atoms with Crippen LogP contribution in [0.25, 0.3) is 0 Å². The Morgan fingerprint density at radius 2 is 1.87 bits per heavy atom. The predicted octanol–water partition coefficient (Wildman–Crippen LogP) is 2.15. The maximum atomic E-state index is 13.2. The topological polar surface area (TPSA) is 43.8 Å². The van der Waals surface area contributed by atoms with Crippen LogP contribution in [0.15, 0.2) is 18.2 Å². The fourth-order valence-corrected chi connectivity index (χ4v) is 5.41. The van der Waals surface area contributed by atoms with E-state index in [4.69, 9.17) is 0 Å². The molecule has 0 unspecified atom stereocenters. The summed E-state index contributed by atoms with van der Waals surface area (Å²) in [5.74, 6) is 1.30. The molecule has 6 rings (SSSR count). The SMILES string of the molecule is O=C1c2cccc3c2[C@H](CC[C@@H]3O)CN1[C@@H]1CN2CCC1CC2. The Labute approximate surface area is 137 Å². The van der Waals surface area contributed by atoms with Crippen molar-refractivity contribution in [3.63, 3.8) is 0 Å². The summed E-state index contributed by atoms with van der Waals surface area (Å²) in [5.41, 5.74) is 3.00. The third-order valence-corrected chi connectivity index (χ3v) is 6.63. The molecule has 0 aromatic heterocycles. The highest BCUT2D eigenvalue weighted by atomic mass is 16.3. The molecule has 0 spiro atoms. The van der Waals surface area contributed by atoms with Gasteiger partial charge in [0.2, 0.25) is 0 Å². The quantitative estimate of drug-likeness (QED) is 0.864. The lowest BCUT2D eigenvalue weighted by Gasteiger charge is -2.51. The van der Waals surface area contributed by atoms with E-state index in [1.807, 2.05) is 18.2 Å². The molecule has 3 saturated heterocycles. The van der Waals surface area contributed by atoms with Gasteiger partial charge in [0.05, 0.1) is 6.10 Å². The summed E-state index contributed by atoms with van der Waals surface area (Å²) < 4.78 is 0. The van der Waals surface area contributed by atoms with E-state index in [-0.39, 0.29) is 5.91 Å². The van der Waals surface area contributed by atoms with Crippen molar-refractivity contribution in [2.45, 2.75) is 43.7 Å². The second kappa shape index (κ2) is 5.05. The van der Waals surface area contributed by atoms with Gasteiger partial charge < -0.3 is 14.9 Å². The van der Waals surface area contributed by atoms with Crippen molar-refractivity contribution in [2.75, 3.05) is 26.2 Å². The van der Waals surface area contributed by atoms with Crippen LogP contribution in [0.2, 0.25) is 0 Å². The molecule has 4 aliphatic heterocycles. The van der Waals surface area contributed by atoms with Gasteiger partial charge >= 0.3 is 0 Å². The van der Waals surface area contributed by atoms with E-state index in [9.17, 15) is 9.90 Å². The van der Waals surface area contributed by atoms with Crippen molar-refractivity contribution in [1.82, 2.24) is 9.80 Å². The molecule has 1 aliphatic carbocycles. The maximum absolute atomic E-state index is 13.2. The van der Waals surface area contributed by atoms with Gasteiger partial charge in [-0.15, -0.1) is 0 Å². The summed E-state index contributed by atoms with van der Waals surface area (Å²) in [7, 11) is 0. The second-order valence-electron chi connectivity index (χ2n) is 7.76. The lowest BCUT2D eigenvalue weighted by Crippen LogP contribution is -2.60. The molecule has 1 amide bonds. The van der Waals surface area contributed by atoms with E-state index in [1.165, 1.54) is 25.9 Å². The number of hydrogen-bond acceptors (Lipinski definition) is 3. The lowest BCUT2D eigenvalue weighted by molar-refractivity contribution is 0.00143. The van der Waals surface area contributed by atoms with Gasteiger partial charge in [-0.1, -0.05) is 12.1 Å². The summed E-state index contributed by atoms with van der Waals surface area (Å²) >= 11 is 0. The molecular formula is C19H24N2O2. The highest BCUT2D eigenvalue weighted by molar-refractivity contribution is 5.98. The Morgan fingerprint density at radius 3 is 2.61 bits per heavy atom. The summed E-state index contributed by atoms with van der Waals surface area (Å²) in [6.07, 6.45) is 3.91. The van der Waals surface area contributed by atoms with Crippen LogP contribution in [0, 0.1) is 5.92 Å². The summed E-state index contributed by atoms with van der Waals surface area (Å²) in [4.78, 5) is 17.9. The Hall–Kier alpha value is -1.39. The van der Waals surface area contributed by atoms with E-state index in [0.717, 1.165) is 42.6 Å². The van der Waals surface area contributed by atoms with Crippen molar-refractivity contribution in [3.8, 4) is 0 Å². The Balaban J connectivity index is 1.53. The van der Waals surface area contributed by atoms with Crippen molar-refractivity contribution >= 4 is 5.91 Å². The van der Waals surface area contributed by atoms with Crippen molar-refractivity contribution in [3.05, 3.63) is 34.9 Å². The average Bonchev–Trinajstić information content (AvgIpc) is 2.61. The van der Waals surface area contributed by atoms with Gasteiger partial charge in [0, 0.05) is 30.6 Å². The number of nitrogens with zero attached hydrogens (tertiary/aromatic N) is 2. The summed E-state index contributed by atoms with van der Waals surface area (Å²) in [6, 6.07) is 6.32. The van der Waals surface area contributed by atoms with Crippen LogP contribution >= 0.6 is 0 Å². The van der Waals surface area contributed by atoms with Crippen LogP contribution in [0.3, 0.4) is 0 Å². The van der Waals surface area contributed by atoms with Gasteiger partial charge in [0.15, 0.2) is 0 Å². The first kappa shape index (κ1) is 14.0. The smallest absolute Gasteiger partial charge is 0.254 e. The molecule has 1 aromatic carbocycles. The third kappa shape index (κ3) is 2.01. The van der Waals surface area contributed by atoms with Crippen LogP contribution in [-0.4, -0.2) is 53.0 Å². The average molecular weight is 312 g/mol. The van der Waals surface area contributed by atoms with Gasteiger partial charge in [-0.2, -0.15) is 0 Å². The van der Waals surface area contributed by atoms with Gasteiger partial charge in [0.25, 0.3) is 5.91 Å². The van der Waals surface area contributed by atoms with Gasteiger partial charge in [0.1, 0.15) is 0 Å². The number of aliphatic hydroxyl groups is 1. The van der Waals surface area contributed by atoms with E-state index in [0.29, 0.717) is 17.9 Å². The second-order valence-corrected chi connectivity index (χ2v) is 7.76. The standard InChI is InChI=1S/C19H24N2O2/c22-17-5-4-13-10-21(16-11-20-8-6-12(16)7-9-20)19(23)15-3-1-2-14(17)18(13)15/h1-3,12-13,16-17,22H,4-11H2/t13-,16-,17+/m1/s1. The zero-order chi connectivity index (χ0) is 15.6. The Morgan fingerprint density at radius 1 is 1.04 bits per heavy atom. The van der Waals surface area contributed by atoms with Crippen LogP contribution in [0.4, 0.5) is 0 Å². The molecule has 5 aliphatic rings. The predicted molar refractivity (Wildman–Crippen MR) is 87.4 cm³/mol. The summed E-state index contributed by atoms with van der Waals surface area (Å²) in [5, 5.41) is 10.3. The van der Waals surface area contributed by atoms with E-state index in [1.54, 1.807) is 0 Å². The number of aliphatic hydroxyl groups excluding tert-OH is 1. The fourth-order valence-electron chi connectivity index (χ4n) is 5.41. The number of fused-ring (bicyclic) bond motifs is 3. The van der Waals surface area contributed by atoms with E-state index in [2.05, 4.69) is 9.80 Å². The number of carbonyl (C=O) groups excluding carboxylic acids is 1. The van der Waals surface area contributed by atoms with Crippen LogP contribution in [0.1, 0.15) is 59.2 Å². The van der Waals surface area contributed by atoms with Crippen LogP contribution in [-0.2, 0) is 0 Å². The first-order chi connectivity index (χ1) is 11.2. The van der Waals surface area contributed by atoms with Crippen LogP contribution < -0.4 is 0 Å². The minimum Gasteiger partial charge on any atom is -0.388 e. The fraction of sp³-hybridized carbons (Fsp3) is 0.632. The number of carbonyl (C=O) groups is 1. The molecule has 2 bridgehead atoms. The zero-order valence-corrected chi connectivity index (χ0v) is 13.4. The minimum absolute atomic E-state index is 0.200. The Bertz CT molecular complexity index is 651. The van der Waals surface area contributed by atoms with Crippen molar-refractivity contribution < 1.29 is 9.90 Å². The summed E-state index contributed by atoms with van der Waals surface area (Å²) in [6.45, 7) is 4.32. The molecule has 4 nitrogen and oxygen atoms in total. The van der Waals surface area contributed by atoms with Crippen LogP contribution in [0.5, 0.6) is 0 Å². The van der Waals surface area contributed by atoms with E-state index >= 15 is 0 Å². The van der Waals surface area contributed by atoms with Crippen molar-refractivity contribution in [2.24, 2.45) is 5.92 Å². The maximum Gasteiger partial charge on any atom is 0.254 e. The normalized spacial score (nSPS) is 38.6. The highest BCUT2D eigenvalue weighted by Gasteiger charge is 2.44. The highest BCUT2D eigenvalue weighted by Crippen LogP contribution is 2.44. The monoisotopic (exact) mass is 312 g/mol. The molecule has 1 N–H and O–H groups in total. The molecule has 4 heterocycles.